The van der Waals surface area contributed by atoms with E-state index >= 15 is 0 Å². The lowest BCUT2D eigenvalue weighted by Gasteiger charge is -2.17. The van der Waals surface area contributed by atoms with Gasteiger partial charge in [0.05, 0.1) is 0 Å². The van der Waals surface area contributed by atoms with E-state index in [9.17, 15) is 9.59 Å². The number of carbonyl (C=O) groups excluding carboxylic acids is 2. The van der Waals surface area contributed by atoms with Gasteiger partial charge in [0, 0.05) is 38.4 Å². The summed E-state index contributed by atoms with van der Waals surface area (Å²) in [4.78, 5) is 27.0. The highest BCUT2D eigenvalue weighted by Gasteiger charge is 2.14. The smallest absolute Gasteiger partial charge is 0.410 e. The largest absolute Gasteiger partial charge is 0.441 e. The molecule has 1 aromatic rings. The normalized spacial score (nSPS) is 10.0. The molecule has 0 saturated heterocycles. The van der Waals surface area contributed by atoms with Gasteiger partial charge in [-0.15, -0.1) is 0 Å². The molecule has 0 atom stereocenters. The summed E-state index contributed by atoms with van der Waals surface area (Å²) in [7, 11) is 3.87. The Balaban J connectivity index is 2.56. The lowest BCUT2D eigenvalue weighted by atomic mass is 10.1. The molecule has 5 heteroatoms. The fourth-order valence-corrected chi connectivity index (χ4v) is 1.73. The molecule has 1 rings (SSSR count). The predicted molar refractivity (Wildman–Crippen MR) is 79.4 cm³/mol. The first kappa shape index (κ1) is 16.0. The number of rotatable bonds is 6. The molecule has 0 heterocycles. The van der Waals surface area contributed by atoms with Crippen LogP contribution in [0, 0.1) is 0 Å². The van der Waals surface area contributed by atoms with Crippen LogP contribution in [-0.4, -0.2) is 50.6 Å². The molecular weight excluding hydrogens is 256 g/mol. The standard InChI is InChI=1S/C15H22N2O3/c1-5-17(6-2)15(19)20-11-14(18)12-7-9-13(10-8-12)16(3)4/h7-10H,5-6,11H2,1-4H3. The number of hydrogen-bond acceptors (Lipinski definition) is 4. The van der Waals surface area contributed by atoms with Gasteiger partial charge < -0.3 is 14.5 Å². The number of ketones is 1. The molecule has 0 aliphatic rings. The Kier molecular flexibility index (Phi) is 6.03. The van der Waals surface area contributed by atoms with Crippen molar-refractivity contribution in [1.29, 1.82) is 0 Å². The number of anilines is 1. The minimum Gasteiger partial charge on any atom is -0.441 e. The average Bonchev–Trinajstić information content (AvgIpc) is 2.46. The van der Waals surface area contributed by atoms with E-state index in [2.05, 4.69) is 0 Å². The molecule has 0 N–H and O–H groups in total. The van der Waals surface area contributed by atoms with Gasteiger partial charge in [0.15, 0.2) is 12.4 Å². The van der Waals surface area contributed by atoms with Gasteiger partial charge in [0.1, 0.15) is 0 Å². The Morgan fingerprint density at radius 1 is 1.05 bits per heavy atom. The second kappa shape index (κ2) is 7.53. The molecule has 5 nitrogen and oxygen atoms in total. The van der Waals surface area contributed by atoms with Crippen molar-refractivity contribution in [2.24, 2.45) is 0 Å². The van der Waals surface area contributed by atoms with Crippen molar-refractivity contribution in [2.45, 2.75) is 13.8 Å². The van der Waals surface area contributed by atoms with Gasteiger partial charge in [-0.3, -0.25) is 4.79 Å². The minimum absolute atomic E-state index is 0.198. The second-order valence-electron chi connectivity index (χ2n) is 4.59. The molecule has 1 amide bonds. The Bertz CT molecular complexity index is 451. The third-order valence-corrected chi connectivity index (χ3v) is 3.05. The summed E-state index contributed by atoms with van der Waals surface area (Å²) in [6.07, 6.45) is -0.451. The van der Waals surface area contributed by atoms with Gasteiger partial charge in [-0.25, -0.2) is 4.79 Å². The number of amides is 1. The van der Waals surface area contributed by atoms with Crippen molar-refractivity contribution in [3.63, 3.8) is 0 Å². The first-order chi connectivity index (χ1) is 9.49. The van der Waals surface area contributed by atoms with E-state index in [-0.39, 0.29) is 12.4 Å². The fourth-order valence-electron chi connectivity index (χ4n) is 1.73. The van der Waals surface area contributed by atoms with E-state index in [1.807, 2.05) is 45.0 Å². The molecule has 0 radical (unpaired) electrons. The number of nitrogens with zero attached hydrogens (tertiary/aromatic N) is 2. The maximum atomic E-state index is 11.9. The van der Waals surface area contributed by atoms with E-state index < -0.39 is 6.09 Å². The fraction of sp³-hybridized carbons (Fsp3) is 0.467. The van der Waals surface area contributed by atoms with Crippen LogP contribution in [0.15, 0.2) is 24.3 Å². The molecule has 0 aromatic heterocycles. The zero-order valence-electron chi connectivity index (χ0n) is 12.5. The molecule has 110 valence electrons. The Labute approximate surface area is 120 Å². The number of Topliss-reactive ketones (excluding diaryl/α,β-unsaturated/α-hetero) is 1. The molecule has 0 bridgehead atoms. The number of ether oxygens (including phenoxy) is 1. The van der Waals surface area contributed by atoms with Gasteiger partial charge >= 0.3 is 6.09 Å². The third kappa shape index (κ3) is 4.26. The molecule has 0 aliphatic heterocycles. The zero-order valence-corrected chi connectivity index (χ0v) is 12.5. The van der Waals surface area contributed by atoms with Crippen molar-refractivity contribution >= 4 is 17.6 Å². The second-order valence-corrected chi connectivity index (χ2v) is 4.59. The van der Waals surface area contributed by atoms with Crippen LogP contribution in [0.1, 0.15) is 24.2 Å². The van der Waals surface area contributed by atoms with Gasteiger partial charge in [-0.05, 0) is 38.1 Å². The molecule has 20 heavy (non-hydrogen) atoms. The molecule has 0 saturated carbocycles. The summed E-state index contributed by atoms with van der Waals surface area (Å²) in [5, 5.41) is 0. The van der Waals surface area contributed by atoms with Gasteiger partial charge in [-0.1, -0.05) is 0 Å². The molecule has 1 aromatic carbocycles. The highest BCUT2D eigenvalue weighted by Crippen LogP contribution is 2.12. The first-order valence-corrected chi connectivity index (χ1v) is 6.71. The summed E-state index contributed by atoms with van der Waals surface area (Å²) < 4.78 is 5.01. The van der Waals surface area contributed by atoms with Crippen molar-refractivity contribution < 1.29 is 14.3 Å². The summed E-state index contributed by atoms with van der Waals surface area (Å²) in [5.74, 6) is -0.198. The predicted octanol–water partition coefficient (Wildman–Crippen LogP) is 2.41. The van der Waals surface area contributed by atoms with Crippen molar-refractivity contribution in [3.05, 3.63) is 29.8 Å². The van der Waals surface area contributed by atoms with Crippen molar-refractivity contribution in [2.75, 3.05) is 38.7 Å². The summed E-state index contributed by atoms with van der Waals surface area (Å²) >= 11 is 0. The highest BCUT2D eigenvalue weighted by atomic mass is 16.6. The van der Waals surface area contributed by atoms with Crippen molar-refractivity contribution in [3.8, 4) is 0 Å². The van der Waals surface area contributed by atoms with Crippen LogP contribution < -0.4 is 4.90 Å². The summed E-state index contributed by atoms with van der Waals surface area (Å²) in [6, 6.07) is 7.20. The lowest BCUT2D eigenvalue weighted by molar-refractivity contribution is 0.0762. The molecule has 0 fully saturated rings. The monoisotopic (exact) mass is 278 g/mol. The van der Waals surface area contributed by atoms with E-state index in [0.29, 0.717) is 18.7 Å². The summed E-state index contributed by atoms with van der Waals surface area (Å²) in [6.45, 7) is 4.65. The van der Waals surface area contributed by atoms with Crippen LogP contribution in [0.4, 0.5) is 10.5 Å². The molecular formula is C15H22N2O3. The third-order valence-electron chi connectivity index (χ3n) is 3.05. The number of benzene rings is 1. The van der Waals surface area contributed by atoms with Crippen LogP contribution in [0.2, 0.25) is 0 Å². The van der Waals surface area contributed by atoms with E-state index in [1.54, 1.807) is 12.1 Å². The van der Waals surface area contributed by atoms with Crippen LogP contribution in [0.3, 0.4) is 0 Å². The Morgan fingerprint density at radius 2 is 1.60 bits per heavy atom. The molecule has 0 spiro atoms. The molecule has 0 aliphatic carbocycles. The van der Waals surface area contributed by atoms with Gasteiger partial charge in [0.25, 0.3) is 0 Å². The van der Waals surface area contributed by atoms with E-state index in [0.717, 1.165) is 5.69 Å². The van der Waals surface area contributed by atoms with Gasteiger partial charge in [0.2, 0.25) is 0 Å². The highest BCUT2D eigenvalue weighted by molar-refractivity contribution is 5.98. The number of hydrogen-bond donors (Lipinski definition) is 0. The van der Waals surface area contributed by atoms with E-state index in [1.165, 1.54) is 4.90 Å². The van der Waals surface area contributed by atoms with Gasteiger partial charge in [-0.2, -0.15) is 0 Å². The SMILES string of the molecule is CCN(CC)C(=O)OCC(=O)c1ccc(N(C)C)cc1. The van der Waals surface area contributed by atoms with Crippen LogP contribution in [-0.2, 0) is 4.74 Å². The zero-order chi connectivity index (χ0) is 15.1. The maximum absolute atomic E-state index is 11.9. The number of carbonyl (C=O) groups is 2. The van der Waals surface area contributed by atoms with Crippen LogP contribution in [0.25, 0.3) is 0 Å². The minimum atomic E-state index is -0.451. The Morgan fingerprint density at radius 3 is 2.05 bits per heavy atom. The average molecular weight is 278 g/mol. The van der Waals surface area contributed by atoms with Crippen molar-refractivity contribution in [1.82, 2.24) is 4.90 Å². The van der Waals surface area contributed by atoms with Crippen LogP contribution >= 0.6 is 0 Å². The maximum Gasteiger partial charge on any atom is 0.410 e. The lowest BCUT2D eigenvalue weighted by Crippen LogP contribution is -2.32. The quantitative estimate of drug-likeness (QED) is 0.750. The van der Waals surface area contributed by atoms with E-state index in [4.69, 9.17) is 4.74 Å². The Hall–Kier alpha value is -2.04. The summed E-state index contributed by atoms with van der Waals surface area (Å²) in [5.41, 5.74) is 1.56. The first-order valence-electron chi connectivity index (χ1n) is 6.71. The molecule has 0 unspecified atom stereocenters. The topological polar surface area (TPSA) is 49.9 Å². The van der Waals surface area contributed by atoms with Crippen LogP contribution in [0.5, 0.6) is 0 Å².